The van der Waals surface area contributed by atoms with Crippen LogP contribution in [0.25, 0.3) is 0 Å². The van der Waals surface area contributed by atoms with Crippen LogP contribution in [0.5, 0.6) is 0 Å². The quantitative estimate of drug-likeness (QED) is 0.416. The minimum absolute atomic E-state index is 0.250. The van der Waals surface area contributed by atoms with Gasteiger partial charge in [-0.2, -0.15) is 0 Å². The van der Waals surface area contributed by atoms with Gasteiger partial charge in [-0.1, -0.05) is 6.07 Å². The Morgan fingerprint density at radius 2 is 2.00 bits per heavy atom. The summed E-state index contributed by atoms with van der Waals surface area (Å²) in [4.78, 5) is 8.58. The molecule has 0 fully saturated rings. The summed E-state index contributed by atoms with van der Waals surface area (Å²) in [5.74, 6) is 0. The number of halogens is 1. The molecule has 0 spiro atoms. The monoisotopic (exact) mass is 264 g/mol. The fourth-order valence-corrected chi connectivity index (χ4v) is 1.07. The summed E-state index contributed by atoms with van der Waals surface area (Å²) in [6.07, 6.45) is 0.250. The molecule has 1 aromatic rings. The van der Waals surface area contributed by atoms with Crippen LogP contribution in [0.4, 0.5) is 5.69 Å². The summed E-state index contributed by atoms with van der Waals surface area (Å²) >= 11 is 2.23. The lowest BCUT2D eigenvalue weighted by Gasteiger charge is -1.89. The second-order valence-electron chi connectivity index (χ2n) is 1.69. The molecule has 0 saturated carbocycles. The van der Waals surface area contributed by atoms with E-state index in [0.29, 0.717) is 0 Å². The molecule has 3 nitrogen and oxygen atoms in total. The third kappa shape index (κ3) is 5.65. The second-order valence-corrected chi connectivity index (χ2v) is 2.94. The number of primary amides is 1. The van der Waals surface area contributed by atoms with Gasteiger partial charge in [-0.3, -0.25) is 4.79 Å². The van der Waals surface area contributed by atoms with Crippen molar-refractivity contribution in [3.8, 4) is 0 Å². The Labute approximate surface area is 78.9 Å². The normalized spacial score (nSPS) is 7.73. The molecule has 4 heteroatoms. The van der Waals surface area contributed by atoms with E-state index in [1.807, 2.05) is 24.3 Å². The maximum absolute atomic E-state index is 8.58. The average Bonchev–Trinajstić information content (AvgIpc) is 1.88. The van der Waals surface area contributed by atoms with E-state index in [9.17, 15) is 0 Å². The number of rotatable bonds is 0. The van der Waals surface area contributed by atoms with Gasteiger partial charge in [0.1, 0.15) is 0 Å². The summed E-state index contributed by atoms with van der Waals surface area (Å²) in [5.41, 5.74) is 10.5. The first-order valence-corrected chi connectivity index (χ1v) is 3.95. The Balaban J connectivity index is 0.000000292. The topological polar surface area (TPSA) is 69.1 Å². The van der Waals surface area contributed by atoms with E-state index in [2.05, 4.69) is 28.3 Å². The molecule has 0 saturated heterocycles. The van der Waals surface area contributed by atoms with Gasteiger partial charge in [-0.25, -0.2) is 0 Å². The Kier molecular flexibility index (Phi) is 5.54. The maximum Gasteiger partial charge on any atom is 0.204 e. The number of nitrogens with two attached hydrogens (primary N) is 2. The zero-order chi connectivity index (χ0) is 8.69. The number of nitrogen functional groups attached to an aromatic ring is 1. The molecule has 0 radical (unpaired) electrons. The summed E-state index contributed by atoms with van der Waals surface area (Å²) in [6.45, 7) is 0. The van der Waals surface area contributed by atoms with Crippen LogP contribution < -0.4 is 11.5 Å². The largest absolute Gasteiger partial charge is 0.399 e. The van der Waals surface area contributed by atoms with E-state index in [1.165, 1.54) is 3.57 Å². The van der Waals surface area contributed by atoms with Crippen molar-refractivity contribution >= 4 is 34.7 Å². The number of hydrogen-bond donors (Lipinski definition) is 2. The van der Waals surface area contributed by atoms with Gasteiger partial charge in [0, 0.05) is 9.26 Å². The number of amides is 1. The van der Waals surface area contributed by atoms with Crippen molar-refractivity contribution in [2.24, 2.45) is 5.73 Å². The van der Waals surface area contributed by atoms with E-state index in [-0.39, 0.29) is 6.41 Å². The van der Waals surface area contributed by atoms with Crippen LogP contribution in [0.1, 0.15) is 0 Å². The zero-order valence-electron chi connectivity index (χ0n) is 5.83. The average molecular weight is 264 g/mol. The summed E-state index contributed by atoms with van der Waals surface area (Å²) < 4.78 is 1.18. The van der Waals surface area contributed by atoms with E-state index in [4.69, 9.17) is 10.5 Å². The molecule has 60 valence electrons. The van der Waals surface area contributed by atoms with Crippen molar-refractivity contribution in [3.05, 3.63) is 27.8 Å². The lowest BCUT2D eigenvalue weighted by atomic mass is 10.3. The molecule has 0 heterocycles. The zero-order valence-corrected chi connectivity index (χ0v) is 7.99. The molecule has 0 bridgehead atoms. The maximum atomic E-state index is 8.58. The third-order valence-corrected chi connectivity index (χ3v) is 1.52. The van der Waals surface area contributed by atoms with Crippen LogP contribution in [-0.2, 0) is 4.79 Å². The van der Waals surface area contributed by atoms with Gasteiger partial charge in [0.15, 0.2) is 0 Å². The van der Waals surface area contributed by atoms with E-state index >= 15 is 0 Å². The van der Waals surface area contributed by atoms with Crippen molar-refractivity contribution in [1.29, 1.82) is 0 Å². The first kappa shape index (κ1) is 10.2. The van der Waals surface area contributed by atoms with Crippen LogP contribution in [0.2, 0.25) is 0 Å². The molecule has 0 aliphatic heterocycles. The van der Waals surface area contributed by atoms with Crippen LogP contribution in [0, 0.1) is 3.57 Å². The van der Waals surface area contributed by atoms with Crippen LogP contribution in [0.3, 0.4) is 0 Å². The highest BCUT2D eigenvalue weighted by molar-refractivity contribution is 14.1. The van der Waals surface area contributed by atoms with E-state index in [1.54, 1.807) is 0 Å². The smallest absolute Gasteiger partial charge is 0.204 e. The second kappa shape index (κ2) is 5.96. The summed E-state index contributed by atoms with van der Waals surface area (Å²) in [6, 6.07) is 7.76. The fraction of sp³-hybridized carbons (Fsp3) is 0. The molecule has 4 N–H and O–H groups in total. The van der Waals surface area contributed by atoms with Crippen molar-refractivity contribution in [2.45, 2.75) is 0 Å². The predicted molar refractivity (Wildman–Crippen MR) is 53.8 cm³/mol. The Hall–Kier alpha value is -0.780. The first-order valence-electron chi connectivity index (χ1n) is 2.87. The molecule has 1 rings (SSSR count). The molecular formula is C7H9IN2O. The van der Waals surface area contributed by atoms with E-state index < -0.39 is 0 Å². The van der Waals surface area contributed by atoms with Crippen LogP contribution in [-0.4, -0.2) is 6.41 Å². The minimum atomic E-state index is 0.250. The Bertz CT molecular complexity index is 210. The molecule has 0 aliphatic carbocycles. The van der Waals surface area contributed by atoms with E-state index in [0.717, 1.165) is 5.69 Å². The van der Waals surface area contributed by atoms with Gasteiger partial charge in [-0.15, -0.1) is 0 Å². The van der Waals surface area contributed by atoms with Gasteiger partial charge in [0.25, 0.3) is 0 Å². The first-order chi connectivity index (χ1) is 5.20. The van der Waals surface area contributed by atoms with Gasteiger partial charge in [-0.05, 0) is 40.8 Å². The lowest BCUT2D eigenvalue weighted by Crippen LogP contribution is -1.82. The molecular weight excluding hydrogens is 255 g/mol. The molecule has 0 unspecified atom stereocenters. The van der Waals surface area contributed by atoms with Gasteiger partial charge < -0.3 is 11.5 Å². The lowest BCUT2D eigenvalue weighted by molar-refractivity contribution is -0.106. The number of anilines is 1. The summed E-state index contributed by atoms with van der Waals surface area (Å²) in [7, 11) is 0. The molecule has 1 aromatic carbocycles. The van der Waals surface area contributed by atoms with Crippen molar-refractivity contribution in [1.82, 2.24) is 0 Å². The highest BCUT2D eigenvalue weighted by Gasteiger charge is 1.82. The number of carbonyl (C=O) groups is 1. The standard InChI is InChI=1S/C6H6IN.CH3NO/c7-5-2-1-3-6(8)4-5;2-1-3/h1-4H,8H2;1H,(H2,2,3). The predicted octanol–water partition coefficient (Wildman–Crippen LogP) is 0.975. The number of benzene rings is 1. The SMILES string of the molecule is NC=O.Nc1cccc(I)c1. The highest BCUT2D eigenvalue weighted by Crippen LogP contribution is 2.07. The Morgan fingerprint density at radius 3 is 2.27 bits per heavy atom. The van der Waals surface area contributed by atoms with Crippen molar-refractivity contribution < 1.29 is 4.79 Å². The van der Waals surface area contributed by atoms with Crippen LogP contribution in [0.15, 0.2) is 24.3 Å². The van der Waals surface area contributed by atoms with Gasteiger partial charge >= 0.3 is 0 Å². The molecule has 0 aliphatic rings. The highest BCUT2D eigenvalue weighted by atomic mass is 127. The fourth-order valence-electron chi connectivity index (χ4n) is 0.507. The minimum Gasteiger partial charge on any atom is -0.399 e. The molecule has 0 atom stereocenters. The van der Waals surface area contributed by atoms with Gasteiger partial charge in [0.05, 0.1) is 0 Å². The molecule has 1 amide bonds. The van der Waals surface area contributed by atoms with Crippen LogP contribution >= 0.6 is 22.6 Å². The number of hydrogen-bond acceptors (Lipinski definition) is 2. The van der Waals surface area contributed by atoms with Gasteiger partial charge in [0.2, 0.25) is 6.41 Å². The van der Waals surface area contributed by atoms with Crippen molar-refractivity contribution in [3.63, 3.8) is 0 Å². The molecule has 0 aromatic heterocycles. The molecule has 11 heavy (non-hydrogen) atoms. The number of carbonyl (C=O) groups excluding carboxylic acids is 1. The Morgan fingerprint density at radius 1 is 1.45 bits per heavy atom. The summed E-state index contributed by atoms with van der Waals surface area (Å²) in [5, 5.41) is 0. The third-order valence-electron chi connectivity index (χ3n) is 0.849. The van der Waals surface area contributed by atoms with Crippen molar-refractivity contribution in [2.75, 3.05) is 5.73 Å².